The van der Waals surface area contributed by atoms with Crippen molar-refractivity contribution in [3.8, 4) is 33.4 Å². The predicted molar refractivity (Wildman–Crippen MR) is 220 cm³/mol. The van der Waals surface area contributed by atoms with Gasteiger partial charge in [0.1, 0.15) is 0 Å². The summed E-state index contributed by atoms with van der Waals surface area (Å²) in [5.41, 5.74) is 13.6. The lowest BCUT2D eigenvalue weighted by Crippen LogP contribution is -2.16. The standard InChI is InChI=1S/C49H35NS/c1-49(2)43-15-8-6-14-41(43)48-44(49)16-10-17-45(48)50(38-25-21-33(22-26-38)32-11-4-3-5-12-32)39-27-23-34(24-28-39)35-19-20-36-30-42-40-13-7-9-18-46(40)51-47(42)31-37(36)29-35/h3-31H,1-2H3. The van der Waals surface area contributed by atoms with E-state index in [0.29, 0.717) is 0 Å². The molecule has 8 aromatic carbocycles. The Hall–Kier alpha value is -5.96. The number of hydrogen-bond acceptors (Lipinski definition) is 2. The molecular formula is C49H35NS. The van der Waals surface area contributed by atoms with Crippen LogP contribution in [-0.2, 0) is 5.41 Å². The van der Waals surface area contributed by atoms with Gasteiger partial charge < -0.3 is 4.90 Å². The minimum Gasteiger partial charge on any atom is -0.310 e. The number of nitrogens with zero attached hydrogens (tertiary/aromatic N) is 1. The van der Waals surface area contributed by atoms with E-state index in [1.165, 1.54) is 81.1 Å². The summed E-state index contributed by atoms with van der Waals surface area (Å²) in [6, 6.07) is 64.8. The van der Waals surface area contributed by atoms with E-state index in [1.807, 2.05) is 11.3 Å². The van der Waals surface area contributed by atoms with E-state index < -0.39 is 0 Å². The smallest absolute Gasteiger partial charge is 0.0543 e. The van der Waals surface area contributed by atoms with Crippen molar-refractivity contribution in [2.24, 2.45) is 0 Å². The molecule has 9 aromatic rings. The van der Waals surface area contributed by atoms with Crippen LogP contribution < -0.4 is 4.90 Å². The van der Waals surface area contributed by atoms with Gasteiger partial charge in [0.05, 0.1) is 5.69 Å². The van der Waals surface area contributed by atoms with Crippen molar-refractivity contribution in [3.63, 3.8) is 0 Å². The molecule has 242 valence electrons. The summed E-state index contributed by atoms with van der Waals surface area (Å²) in [6.07, 6.45) is 0. The minimum absolute atomic E-state index is 0.0773. The second-order valence-corrected chi connectivity index (χ2v) is 15.3. The molecule has 0 bridgehead atoms. The number of rotatable bonds is 5. The summed E-state index contributed by atoms with van der Waals surface area (Å²) >= 11 is 1.88. The van der Waals surface area contributed by atoms with Crippen molar-refractivity contribution >= 4 is 59.3 Å². The molecule has 0 aliphatic heterocycles. The molecule has 0 saturated carbocycles. The first kappa shape index (κ1) is 29.9. The Balaban J connectivity index is 1.09. The highest BCUT2D eigenvalue weighted by Crippen LogP contribution is 2.54. The van der Waals surface area contributed by atoms with Crippen LogP contribution in [0.25, 0.3) is 64.3 Å². The van der Waals surface area contributed by atoms with Crippen molar-refractivity contribution in [2.75, 3.05) is 4.90 Å². The molecule has 1 aliphatic rings. The molecule has 0 N–H and O–H groups in total. The van der Waals surface area contributed by atoms with Gasteiger partial charge in [-0.15, -0.1) is 11.3 Å². The molecular weight excluding hydrogens is 635 g/mol. The third-order valence-electron chi connectivity index (χ3n) is 10.9. The molecule has 1 heterocycles. The predicted octanol–water partition coefficient (Wildman–Crippen LogP) is 14.3. The van der Waals surface area contributed by atoms with Crippen molar-refractivity contribution in [1.29, 1.82) is 0 Å². The second kappa shape index (κ2) is 11.6. The second-order valence-electron chi connectivity index (χ2n) is 14.2. The van der Waals surface area contributed by atoms with Gasteiger partial charge >= 0.3 is 0 Å². The van der Waals surface area contributed by atoms with Gasteiger partial charge in [0.25, 0.3) is 0 Å². The maximum Gasteiger partial charge on any atom is 0.0543 e. The van der Waals surface area contributed by atoms with Crippen LogP contribution in [0.3, 0.4) is 0 Å². The zero-order chi connectivity index (χ0) is 34.1. The van der Waals surface area contributed by atoms with E-state index >= 15 is 0 Å². The van der Waals surface area contributed by atoms with Crippen LogP contribution in [0.1, 0.15) is 25.0 Å². The lowest BCUT2D eigenvalue weighted by molar-refractivity contribution is 0.660. The monoisotopic (exact) mass is 669 g/mol. The molecule has 0 radical (unpaired) electrons. The average Bonchev–Trinajstić information content (AvgIpc) is 3.66. The Bertz CT molecular complexity index is 2750. The number of anilines is 3. The number of thiophene rings is 1. The molecule has 10 rings (SSSR count). The molecule has 0 amide bonds. The van der Waals surface area contributed by atoms with Crippen molar-refractivity contribution in [1.82, 2.24) is 0 Å². The number of fused-ring (bicyclic) bond motifs is 7. The third-order valence-corrected chi connectivity index (χ3v) is 12.0. The Morgan fingerprint density at radius 3 is 1.84 bits per heavy atom. The van der Waals surface area contributed by atoms with Gasteiger partial charge in [-0.25, -0.2) is 0 Å². The first-order chi connectivity index (χ1) is 25.0. The molecule has 0 saturated heterocycles. The van der Waals surface area contributed by atoms with Crippen LogP contribution in [0.5, 0.6) is 0 Å². The number of benzene rings is 8. The summed E-state index contributed by atoms with van der Waals surface area (Å²) < 4.78 is 2.68. The van der Waals surface area contributed by atoms with E-state index in [9.17, 15) is 0 Å². The molecule has 0 unspecified atom stereocenters. The Morgan fingerprint density at radius 1 is 0.431 bits per heavy atom. The first-order valence-corrected chi connectivity index (χ1v) is 18.5. The van der Waals surface area contributed by atoms with Gasteiger partial charge in [0.2, 0.25) is 0 Å². The van der Waals surface area contributed by atoms with E-state index in [0.717, 1.165) is 11.4 Å². The summed E-state index contributed by atoms with van der Waals surface area (Å²) in [6.45, 7) is 4.70. The van der Waals surface area contributed by atoms with Crippen LogP contribution in [-0.4, -0.2) is 0 Å². The van der Waals surface area contributed by atoms with Gasteiger partial charge in [0, 0.05) is 42.5 Å². The van der Waals surface area contributed by atoms with Crippen molar-refractivity contribution in [3.05, 3.63) is 187 Å². The molecule has 1 aromatic heterocycles. The summed E-state index contributed by atoms with van der Waals surface area (Å²) in [5, 5.41) is 5.24. The quantitative estimate of drug-likeness (QED) is 0.176. The molecule has 1 aliphatic carbocycles. The minimum atomic E-state index is -0.0773. The summed E-state index contributed by atoms with van der Waals surface area (Å²) in [7, 11) is 0. The molecule has 0 atom stereocenters. The van der Waals surface area contributed by atoms with Gasteiger partial charge in [-0.1, -0.05) is 135 Å². The van der Waals surface area contributed by atoms with Crippen LogP contribution in [0.15, 0.2) is 176 Å². The van der Waals surface area contributed by atoms with Gasteiger partial charge in [0.15, 0.2) is 0 Å². The van der Waals surface area contributed by atoms with Gasteiger partial charge in [-0.3, -0.25) is 0 Å². The molecule has 0 fully saturated rings. The van der Waals surface area contributed by atoms with Gasteiger partial charge in [-0.2, -0.15) is 0 Å². The van der Waals surface area contributed by atoms with Crippen molar-refractivity contribution in [2.45, 2.75) is 19.3 Å². The fourth-order valence-electron chi connectivity index (χ4n) is 8.23. The Kier molecular flexibility index (Phi) is 6.78. The fraction of sp³-hybridized carbons (Fsp3) is 0.0612. The highest BCUT2D eigenvalue weighted by atomic mass is 32.1. The molecule has 0 spiro atoms. The average molecular weight is 670 g/mol. The summed E-state index contributed by atoms with van der Waals surface area (Å²) in [4.78, 5) is 2.44. The zero-order valence-electron chi connectivity index (χ0n) is 28.6. The lowest BCUT2D eigenvalue weighted by Gasteiger charge is -2.29. The van der Waals surface area contributed by atoms with Crippen LogP contribution >= 0.6 is 11.3 Å². The van der Waals surface area contributed by atoms with Crippen molar-refractivity contribution < 1.29 is 0 Å². The van der Waals surface area contributed by atoms with Crippen LogP contribution in [0, 0.1) is 0 Å². The Labute approximate surface area is 302 Å². The van der Waals surface area contributed by atoms with Crippen LogP contribution in [0.4, 0.5) is 17.1 Å². The third kappa shape index (κ3) is 4.82. The maximum atomic E-state index is 2.44. The molecule has 51 heavy (non-hydrogen) atoms. The SMILES string of the molecule is CC1(C)c2ccccc2-c2c(N(c3ccc(-c4ccccc4)cc3)c3ccc(-c4ccc5cc6c(cc5c4)sc4ccccc46)cc3)cccc21. The topological polar surface area (TPSA) is 3.24 Å². The Morgan fingerprint density at radius 2 is 1.06 bits per heavy atom. The molecule has 1 nitrogen and oxygen atoms in total. The first-order valence-electron chi connectivity index (χ1n) is 17.7. The zero-order valence-corrected chi connectivity index (χ0v) is 29.4. The summed E-state index contributed by atoms with van der Waals surface area (Å²) in [5.74, 6) is 0. The lowest BCUT2D eigenvalue weighted by atomic mass is 9.82. The fourth-order valence-corrected chi connectivity index (χ4v) is 9.37. The van der Waals surface area contributed by atoms with Crippen LogP contribution in [0.2, 0.25) is 0 Å². The highest BCUT2D eigenvalue weighted by Gasteiger charge is 2.37. The van der Waals surface area contributed by atoms with E-state index in [2.05, 4.69) is 195 Å². The normalized spacial score (nSPS) is 13.1. The van der Waals surface area contributed by atoms with E-state index in [4.69, 9.17) is 0 Å². The van der Waals surface area contributed by atoms with E-state index in [-0.39, 0.29) is 5.41 Å². The number of hydrogen-bond donors (Lipinski definition) is 0. The largest absolute Gasteiger partial charge is 0.310 e. The highest BCUT2D eigenvalue weighted by molar-refractivity contribution is 7.25. The van der Waals surface area contributed by atoms with E-state index in [1.54, 1.807) is 0 Å². The molecule has 2 heteroatoms. The van der Waals surface area contributed by atoms with Gasteiger partial charge in [-0.05, 0) is 104 Å². The maximum absolute atomic E-state index is 2.44.